The highest BCUT2D eigenvalue weighted by molar-refractivity contribution is 7.89. The Bertz CT molecular complexity index is 1050. The van der Waals surface area contributed by atoms with Crippen LogP contribution in [0, 0.1) is 0 Å². The Kier molecular flexibility index (Phi) is 6.99. The molecule has 0 bridgehead atoms. The van der Waals surface area contributed by atoms with Crippen molar-refractivity contribution in [3.63, 3.8) is 0 Å². The van der Waals surface area contributed by atoms with Gasteiger partial charge in [-0.1, -0.05) is 6.07 Å². The molecule has 1 fully saturated rings. The molecule has 2 aromatic rings. The van der Waals surface area contributed by atoms with Crippen molar-refractivity contribution >= 4 is 15.9 Å². The van der Waals surface area contributed by atoms with Gasteiger partial charge in [-0.15, -0.1) is 13.2 Å². The number of piperidine rings is 1. The number of sulfonamides is 1. The van der Waals surface area contributed by atoms with Gasteiger partial charge in [-0.2, -0.15) is 0 Å². The number of amides is 1. The normalized spacial score (nSPS) is 15.6. The molecule has 1 aliphatic heterocycles. The van der Waals surface area contributed by atoms with Crippen LogP contribution in [-0.2, 0) is 10.0 Å². The molecule has 0 spiro atoms. The Hall–Kier alpha value is -2.79. The summed E-state index contributed by atoms with van der Waals surface area (Å²) in [6.45, 7) is 0.806. The molecular formula is C21H23F3N2O5S. The number of alkyl halides is 3. The maximum absolute atomic E-state index is 12.7. The van der Waals surface area contributed by atoms with Crippen molar-refractivity contribution in [3.8, 4) is 11.5 Å². The number of likely N-dealkylation sites (tertiary alicyclic amines) is 1. The lowest BCUT2D eigenvalue weighted by molar-refractivity contribution is -0.274. The predicted molar refractivity (Wildman–Crippen MR) is 110 cm³/mol. The van der Waals surface area contributed by atoms with E-state index in [4.69, 9.17) is 4.74 Å². The third kappa shape index (κ3) is 5.92. The molecule has 11 heteroatoms. The summed E-state index contributed by atoms with van der Waals surface area (Å²) in [6, 6.07) is 11.1. The van der Waals surface area contributed by atoms with Crippen LogP contribution in [0.2, 0.25) is 0 Å². The van der Waals surface area contributed by atoms with Gasteiger partial charge in [0.05, 0.1) is 4.90 Å². The molecular weight excluding hydrogens is 449 g/mol. The van der Waals surface area contributed by atoms with Gasteiger partial charge in [-0.05, 0) is 36.4 Å². The molecule has 0 unspecified atom stereocenters. The molecule has 2 aromatic carbocycles. The lowest BCUT2D eigenvalue weighted by Crippen LogP contribution is -2.41. The summed E-state index contributed by atoms with van der Waals surface area (Å²) in [6.07, 6.45) is -4.03. The molecule has 0 aliphatic carbocycles. The minimum atomic E-state index is -4.78. The van der Waals surface area contributed by atoms with Crippen LogP contribution in [0.3, 0.4) is 0 Å². The van der Waals surface area contributed by atoms with Gasteiger partial charge < -0.3 is 14.4 Å². The molecule has 1 amide bonds. The highest BCUT2D eigenvalue weighted by Gasteiger charge is 2.31. The van der Waals surface area contributed by atoms with Crippen molar-refractivity contribution in [2.45, 2.75) is 30.2 Å². The van der Waals surface area contributed by atoms with E-state index in [1.807, 2.05) is 0 Å². The largest absolute Gasteiger partial charge is 0.573 e. The molecule has 174 valence electrons. The summed E-state index contributed by atoms with van der Waals surface area (Å²) >= 11 is 0. The number of benzene rings is 2. The van der Waals surface area contributed by atoms with E-state index in [2.05, 4.69) is 4.74 Å². The molecule has 1 heterocycles. The number of ether oxygens (including phenoxy) is 2. The van der Waals surface area contributed by atoms with Crippen LogP contribution in [0.5, 0.6) is 11.5 Å². The Morgan fingerprint density at radius 2 is 1.62 bits per heavy atom. The number of hydrogen-bond acceptors (Lipinski definition) is 5. The minimum Gasteiger partial charge on any atom is -0.490 e. The standard InChI is InChI=1S/C21H23F3N2O5S/c1-25(2)32(28,29)19-8-6-15(7-9-19)20(27)26-12-10-16(11-13-26)30-17-4-3-5-18(14-17)31-21(22,23)24/h3-9,14,16H,10-13H2,1-2H3. The monoisotopic (exact) mass is 472 g/mol. The average molecular weight is 472 g/mol. The number of carbonyl (C=O) groups excluding carboxylic acids is 1. The van der Waals surface area contributed by atoms with E-state index >= 15 is 0 Å². The van der Waals surface area contributed by atoms with E-state index in [9.17, 15) is 26.4 Å². The van der Waals surface area contributed by atoms with Gasteiger partial charge in [0, 0.05) is 51.7 Å². The first-order valence-corrected chi connectivity index (χ1v) is 11.2. The van der Waals surface area contributed by atoms with Crippen LogP contribution >= 0.6 is 0 Å². The van der Waals surface area contributed by atoms with Gasteiger partial charge in [0.1, 0.15) is 17.6 Å². The molecule has 7 nitrogen and oxygen atoms in total. The molecule has 0 aromatic heterocycles. The smallest absolute Gasteiger partial charge is 0.490 e. The van der Waals surface area contributed by atoms with Crippen LogP contribution in [0.25, 0.3) is 0 Å². The minimum absolute atomic E-state index is 0.0999. The number of nitrogens with zero attached hydrogens (tertiary/aromatic N) is 2. The predicted octanol–water partition coefficient (Wildman–Crippen LogP) is 3.52. The van der Waals surface area contributed by atoms with Gasteiger partial charge in [0.25, 0.3) is 5.91 Å². The van der Waals surface area contributed by atoms with E-state index < -0.39 is 16.4 Å². The third-order valence-electron chi connectivity index (χ3n) is 4.95. The van der Waals surface area contributed by atoms with Crippen LogP contribution in [0.15, 0.2) is 53.4 Å². The summed E-state index contributed by atoms with van der Waals surface area (Å²) in [4.78, 5) is 14.5. The van der Waals surface area contributed by atoms with E-state index in [1.165, 1.54) is 56.6 Å². The second-order valence-corrected chi connectivity index (χ2v) is 9.60. The average Bonchev–Trinajstić information content (AvgIpc) is 2.73. The lowest BCUT2D eigenvalue weighted by Gasteiger charge is -2.32. The fourth-order valence-electron chi connectivity index (χ4n) is 3.28. The van der Waals surface area contributed by atoms with E-state index in [-0.39, 0.29) is 28.4 Å². The van der Waals surface area contributed by atoms with Crippen molar-refractivity contribution in [1.82, 2.24) is 9.21 Å². The molecule has 1 saturated heterocycles. The lowest BCUT2D eigenvalue weighted by atomic mass is 10.1. The second kappa shape index (κ2) is 9.37. The SMILES string of the molecule is CN(C)S(=O)(=O)c1ccc(C(=O)N2CCC(Oc3cccc(OC(F)(F)F)c3)CC2)cc1. The second-order valence-electron chi connectivity index (χ2n) is 7.44. The maximum Gasteiger partial charge on any atom is 0.573 e. The number of rotatable bonds is 6. The van der Waals surface area contributed by atoms with Gasteiger partial charge in [0.2, 0.25) is 10.0 Å². The number of hydrogen-bond donors (Lipinski definition) is 0. The third-order valence-corrected chi connectivity index (χ3v) is 6.78. The Morgan fingerprint density at radius 1 is 1.03 bits per heavy atom. The molecule has 0 saturated carbocycles. The van der Waals surface area contributed by atoms with Crippen molar-refractivity contribution in [2.24, 2.45) is 0 Å². The fourth-order valence-corrected chi connectivity index (χ4v) is 4.18. The molecule has 0 atom stereocenters. The summed E-state index contributed by atoms with van der Waals surface area (Å²) in [5.41, 5.74) is 0.374. The van der Waals surface area contributed by atoms with Crippen LogP contribution in [0.4, 0.5) is 13.2 Å². The maximum atomic E-state index is 12.7. The highest BCUT2D eigenvalue weighted by Crippen LogP contribution is 2.28. The van der Waals surface area contributed by atoms with Gasteiger partial charge in [-0.25, -0.2) is 12.7 Å². The van der Waals surface area contributed by atoms with Crippen LogP contribution in [-0.4, -0.2) is 63.2 Å². The fraction of sp³-hybridized carbons (Fsp3) is 0.381. The summed E-state index contributed by atoms with van der Waals surface area (Å²) < 4.78 is 72.2. The first-order valence-electron chi connectivity index (χ1n) is 9.80. The topological polar surface area (TPSA) is 76.2 Å². The van der Waals surface area contributed by atoms with Crippen molar-refractivity contribution in [3.05, 3.63) is 54.1 Å². The first-order chi connectivity index (χ1) is 15.0. The quantitative estimate of drug-likeness (QED) is 0.643. The molecule has 1 aliphatic rings. The van der Waals surface area contributed by atoms with Gasteiger partial charge >= 0.3 is 6.36 Å². The molecule has 0 radical (unpaired) electrons. The van der Waals surface area contributed by atoms with Gasteiger partial charge in [0.15, 0.2) is 0 Å². The first kappa shape index (κ1) is 23.9. The van der Waals surface area contributed by atoms with E-state index in [1.54, 1.807) is 11.0 Å². The molecule has 3 rings (SSSR count). The zero-order valence-corrected chi connectivity index (χ0v) is 18.3. The Labute approximate surface area is 184 Å². The Morgan fingerprint density at radius 3 is 2.19 bits per heavy atom. The Balaban J connectivity index is 1.57. The number of halogens is 3. The summed E-state index contributed by atoms with van der Waals surface area (Å²) in [5.74, 6) is -0.325. The van der Waals surface area contributed by atoms with Crippen molar-refractivity contribution in [1.29, 1.82) is 0 Å². The van der Waals surface area contributed by atoms with Crippen molar-refractivity contribution in [2.75, 3.05) is 27.2 Å². The molecule has 32 heavy (non-hydrogen) atoms. The zero-order valence-electron chi connectivity index (χ0n) is 17.5. The highest BCUT2D eigenvalue weighted by atomic mass is 32.2. The summed E-state index contributed by atoms with van der Waals surface area (Å²) in [7, 11) is -0.712. The van der Waals surface area contributed by atoms with Gasteiger partial charge in [-0.3, -0.25) is 4.79 Å². The van der Waals surface area contributed by atoms with Crippen LogP contribution < -0.4 is 9.47 Å². The number of carbonyl (C=O) groups is 1. The molecule has 0 N–H and O–H groups in total. The zero-order chi connectivity index (χ0) is 23.5. The van der Waals surface area contributed by atoms with E-state index in [0.717, 1.165) is 4.31 Å². The van der Waals surface area contributed by atoms with Crippen LogP contribution in [0.1, 0.15) is 23.2 Å². The van der Waals surface area contributed by atoms with Crippen molar-refractivity contribution < 1.29 is 35.9 Å². The summed E-state index contributed by atoms with van der Waals surface area (Å²) in [5, 5.41) is 0. The van der Waals surface area contributed by atoms with E-state index in [0.29, 0.717) is 31.5 Å².